The van der Waals surface area contributed by atoms with Crippen LogP contribution < -0.4 is 10.1 Å². The van der Waals surface area contributed by atoms with E-state index in [1.54, 1.807) is 18.2 Å². The monoisotopic (exact) mass is 439 g/mol. The molecule has 0 bridgehead atoms. The zero-order valence-corrected chi connectivity index (χ0v) is 17.7. The van der Waals surface area contributed by atoms with Gasteiger partial charge < -0.3 is 14.6 Å². The Hall–Kier alpha value is -3.02. The largest absolute Gasteiger partial charge is 0.482 e. The number of aryl methyl sites for hydroxylation is 1. The average molecular weight is 440 g/mol. The van der Waals surface area contributed by atoms with Gasteiger partial charge in [-0.3, -0.25) is 4.79 Å². The lowest BCUT2D eigenvalue weighted by molar-refractivity contribution is -0.123. The minimum atomic E-state index is -0.430. The van der Waals surface area contributed by atoms with Crippen LogP contribution in [0, 0.1) is 0 Å². The Kier molecular flexibility index (Phi) is 5.93. The highest BCUT2D eigenvalue weighted by atomic mass is 35.5. The highest BCUT2D eigenvalue weighted by Crippen LogP contribution is 2.28. The molecule has 1 N–H and O–H groups in total. The third-order valence-electron chi connectivity index (χ3n) is 4.77. The average Bonchev–Trinajstić information content (AvgIpc) is 3.08. The van der Waals surface area contributed by atoms with Crippen molar-refractivity contribution in [2.24, 2.45) is 7.05 Å². The van der Waals surface area contributed by atoms with Crippen LogP contribution in [0.15, 0.2) is 72.8 Å². The molecule has 152 valence electrons. The Balaban J connectivity index is 1.59. The zero-order chi connectivity index (χ0) is 21.1. The van der Waals surface area contributed by atoms with Crippen molar-refractivity contribution in [3.05, 3.63) is 94.2 Å². The minimum absolute atomic E-state index is 0.186. The number of carbonyl (C=O) groups is 1. The Morgan fingerprint density at radius 1 is 1.07 bits per heavy atom. The second kappa shape index (κ2) is 8.78. The van der Waals surface area contributed by atoms with Gasteiger partial charge in [-0.1, -0.05) is 65.7 Å². The molecule has 4 rings (SSSR count). The van der Waals surface area contributed by atoms with Crippen molar-refractivity contribution in [1.29, 1.82) is 0 Å². The molecule has 0 saturated heterocycles. The van der Waals surface area contributed by atoms with E-state index in [-0.39, 0.29) is 12.5 Å². The molecule has 1 aromatic heterocycles. The number of amides is 1. The molecule has 5 nitrogen and oxygen atoms in total. The van der Waals surface area contributed by atoms with Crippen LogP contribution in [0.4, 0.5) is 0 Å². The summed E-state index contributed by atoms with van der Waals surface area (Å²) < 4.78 is 7.58. The number of fused-ring (bicyclic) bond motifs is 1. The van der Waals surface area contributed by atoms with Crippen molar-refractivity contribution in [2.45, 2.75) is 6.04 Å². The first-order valence-corrected chi connectivity index (χ1v) is 10.1. The number of hydrogen-bond acceptors (Lipinski definition) is 3. The van der Waals surface area contributed by atoms with Crippen LogP contribution in [0.5, 0.6) is 5.75 Å². The van der Waals surface area contributed by atoms with Gasteiger partial charge in [0, 0.05) is 12.1 Å². The highest BCUT2D eigenvalue weighted by molar-refractivity contribution is 6.35. The van der Waals surface area contributed by atoms with Gasteiger partial charge in [0.25, 0.3) is 5.91 Å². The number of rotatable bonds is 6. The fourth-order valence-corrected chi connectivity index (χ4v) is 3.77. The van der Waals surface area contributed by atoms with Gasteiger partial charge in [-0.25, -0.2) is 4.98 Å². The van der Waals surface area contributed by atoms with Gasteiger partial charge >= 0.3 is 0 Å². The number of carbonyl (C=O) groups excluding carboxylic acids is 1. The molecule has 0 fully saturated rings. The third-order valence-corrected chi connectivity index (χ3v) is 5.30. The van der Waals surface area contributed by atoms with E-state index in [9.17, 15) is 4.79 Å². The summed E-state index contributed by atoms with van der Waals surface area (Å²) in [6, 6.07) is 22.0. The Bertz CT molecular complexity index is 1190. The molecule has 4 aromatic rings. The van der Waals surface area contributed by atoms with Crippen molar-refractivity contribution in [3.8, 4) is 5.75 Å². The molecular formula is C23H19Cl2N3O2. The summed E-state index contributed by atoms with van der Waals surface area (Å²) in [5.41, 5.74) is 2.79. The maximum Gasteiger partial charge on any atom is 0.258 e. The van der Waals surface area contributed by atoms with Gasteiger partial charge in [-0.05, 0) is 35.9 Å². The fraction of sp³-hybridized carbons (Fsp3) is 0.130. The standard InChI is InChI=1S/C23H19Cl2N3O2/c1-28-19-10-6-5-9-18(19)26-23(28)22(15-7-3-2-4-8-15)27-21(29)14-30-20-12-11-16(24)13-17(20)25/h2-13,22H,14H2,1H3,(H,27,29)/t22-/m1/s1. The molecule has 30 heavy (non-hydrogen) atoms. The number of nitrogens with one attached hydrogen (secondary N) is 1. The molecule has 7 heteroatoms. The molecule has 0 unspecified atom stereocenters. The first-order chi connectivity index (χ1) is 14.5. The van der Waals surface area contributed by atoms with E-state index in [0.717, 1.165) is 22.4 Å². The summed E-state index contributed by atoms with van der Waals surface area (Å²) in [4.78, 5) is 17.5. The van der Waals surface area contributed by atoms with Crippen LogP contribution in [-0.4, -0.2) is 22.1 Å². The number of aromatic nitrogens is 2. The fourth-order valence-electron chi connectivity index (χ4n) is 3.30. The van der Waals surface area contributed by atoms with E-state index in [4.69, 9.17) is 32.9 Å². The van der Waals surface area contributed by atoms with Gasteiger partial charge in [0.2, 0.25) is 0 Å². The van der Waals surface area contributed by atoms with Crippen molar-refractivity contribution >= 4 is 40.1 Å². The molecule has 0 radical (unpaired) electrons. The molecule has 3 aromatic carbocycles. The van der Waals surface area contributed by atoms with Crippen LogP contribution in [-0.2, 0) is 11.8 Å². The lowest BCUT2D eigenvalue weighted by Crippen LogP contribution is -2.34. The number of halogens is 2. The van der Waals surface area contributed by atoms with Gasteiger partial charge in [-0.15, -0.1) is 0 Å². The molecule has 1 atom stereocenters. The molecule has 0 saturated carbocycles. The Labute approximate surface area is 184 Å². The number of para-hydroxylation sites is 2. The smallest absolute Gasteiger partial charge is 0.258 e. The zero-order valence-electron chi connectivity index (χ0n) is 16.2. The van der Waals surface area contributed by atoms with Gasteiger partial charge in [0.05, 0.1) is 16.1 Å². The summed E-state index contributed by atoms with van der Waals surface area (Å²) in [6.07, 6.45) is 0. The number of imidazole rings is 1. The Morgan fingerprint density at radius 2 is 1.80 bits per heavy atom. The van der Waals surface area contributed by atoms with Crippen LogP contribution in [0.3, 0.4) is 0 Å². The third kappa shape index (κ3) is 4.27. The molecule has 1 heterocycles. The SMILES string of the molecule is Cn1c([C@H](NC(=O)COc2ccc(Cl)cc2Cl)c2ccccc2)nc2ccccc21. The lowest BCUT2D eigenvalue weighted by Gasteiger charge is -2.19. The van der Waals surface area contributed by atoms with Crippen molar-refractivity contribution in [3.63, 3.8) is 0 Å². The molecule has 0 aliphatic carbocycles. The van der Waals surface area contributed by atoms with E-state index >= 15 is 0 Å². The van der Waals surface area contributed by atoms with Gasteiger partial charge in [-0.2, -0.15) is 0 Å². The van der Waals surface area contributed by atoms with E-state index < -0.39 is 6.04 Å². The molecule has 0 spiro atoms. The number of hydrogen-bond donors (Lipinski definition) is 1. The second-order valence-electron chi connectivity index (χ2n) is 6.79. The predicted molar refractivity (Wildman–Crippen MR) is 119 cm³/mol. The van der Waals surface area contributed by atoms with E-state index in [2.05, 4.69) is 5.32 Å². The second-order valence-corrected chi connectivity index (χ2v) is 7.64. The first kappa shape index (κ1) is 20.3. The summed E-state index contributed by atoms with van der Waals surface area (Å²) >= 11 is 12.0. The number of ether oxygens (including phenoxy) is 1. The van der Waals surface area contributed by atoms with Crippen LogP contribution >= 0.6 is 23.2 Å². The topological polar surface area (TPSA) is 56.2 Å². The summed E-state index contributed by atoms with van der Waals surface area (Å²) in [6.45, 7) is -0.186. The summed E-state index contributed by atoms with van der Waals surface area (Å²) in [5.74, 6) is 0.845. The molecule has 0 aliphatic rings. The molecule has 0 aliphatic heterocycles. The number of benzene rings is 3. The molecule has 1 amide bonds. The predicted octanol–water partition coefficient (Wildman–Crippen LogP) is 5.16. The van der Waals surface area contributed by atoms with Crippen LogP contribution in [0.1, 0.15) is 17.4 Å². The van der Waals surface area contributed by atoms with E-state index in [0.29, 0.717) is 15.8 Å². The first-order valence-electron chi connectivity index (χ1n) is 9.36. The van der Waals surface area contributed by atoms with Gasteiger partial charge in [0.15, 0.2) is 6.61 Å². The van der Waals surface area contributed by atoms with Crippen molar-refractivity contribution in [1.82, 2.24) is 14.9 Å². The van der Waals surface area contributed by atoms with E-state index in [1.165, 1.54) is 0 Å². The van der Waals surface area contributed by atoms with Crippen LogP contribution in [0.25, 0.3) is 11.0 Å². The van der Waals surface area contributed by atoms with Gasteiger partial charge in [0.1, 0.15) is 17.6 Å². The maximum atomic E-state index is 12.7. The number of nitrogens with zero attached hydrogens (tertiary/aromatic N) is 2. The minimum Gasteiger partial charge on any atom is -0.482 e. The van der Waals surface area contributed by atoms with E-state index in [1.807, 2.05) is 66.2 Å². The highest BCUT2D eigenvalue weighted by Gasteiger charge is 2.23. The Morgan fingerprint density at radius 3 is 2.53 bits per heavy atom. The summed E-state index contributed by atoms with van der Waals surface area (Å²) in [7, 11) is 1.94. The maximum absolute atomic E-state index is 12.7. The normalized spacial score (nSPS) is 12.0. The lowest BCUT2D eigenvalue weighted by atomic mass is 10.1. The molecular weight excluding hydrogens is 421 g/mol. The van der Waals surface area contributed by atoms with Crippen molar-refractivity contribution < 1.29 is 9.53 Å². The summed E-state index contributed by atoms with van der Waals surface area (Å²) in [5, 5.41) is 3.89. The quantitative estimate of drug-likeness (QED) is 0.451. The van der Waals surface area contributed by atoms with Crippen LogP contribution in [0.2, 0.25) is 10.0 Å². The van der Waals surface area contributed by atoms with Crippen molar-refractivity contribution in [2.75, 3.05) is 6.61 Å².